The number of aryl methyl sites for hydroxylation is 1. The van der Waals surface area contributed by atoms with E-state index in [1.807, 2.05) is 4.90 Å². The molecule has 0 radical (unpaired) electrons. The Kier molecular flexibility index (Phi) is 5.14. The Labute approximate surface area is 164 Å². The van der Waals surface area contributed by atoms with Crippen molar-refractivity contribution in [3.8, 4) is 11.5 Å². The fourth-order valence-electron chi connectivity index (χ4n) is 3.09. The second-order valence-corrected chi connectivity index (χ2v) is 6.64. The van der Waals surface area contributed by atoms with Gasteiger partial charge in [0.15, 0.2) is 17.3 Å². The Balaban J connectivity index is 1.53. The monoisotopic (exact) mass is 405 g/mol. The van der Waals surface area contributed by atoms with Crippen molar-refractivity contribution in [1.29, 1.82) is 0 Å². The molecule has 1 aliphatic rings. The molecule has 1 saturated heterocycles. The van der Waals surface area contributed by atoms with Crippen LogP contribution in [0.15, 0.2) is 35.0 Å². The molecule has 0 aromatic carbocycles. The van der Waals surface area contributed by atoms with E-state index >= 15 is 0 Å². The van der Waals surface area contributed by atoms with Gasteiger partial charge < -0.3 is 9.42 Å². The summed E-state index contributed by atoms with van der Waals surface area (Å²) < 4.78 is 45.1. The van der Waals surface area contributed by atoms with Gasteiger partial charge >= 0.3 is 6.18 Å². The van der Waals surface area contributed by atoms with Gasteiger partial charge in [-0.3, -0.25) is 9.88 Å². The smallest absolute Gasteiger partial charge is 0.354 e. The molecule has 1 aliphatic heterocycles. The van der Waals surface area contributed by atoms with Gasteiger partial charge in [0.2, 0.25) is 5.89 Å². The molecule has 0 atom stereocenters. The fraction of sp³-hybridized carbons (Fsp3) is 0.389. The first kappa shape index (κ1) is 19.2. The van der Waals surface area contributed by atoms with Crippen LogP contribution in [0, 0.1) is 6.92 Å². The van der Waals surface area contributed by atoms with E-state index in [1.165, 1.54) is 6.20 Å². The lowest BCUT2D eigenvalue weighted by atomic mass is 10.2. The van der Waals surface area contributed by atoms with Gasteiger partial charge in [-0.2, -0.15) is 18.2 Å². The minimum Gasteiger partial charge on any atom is -0.354 e. The van der Waals surface area contributed by atoms with Crippen LogP contribution in [0.2, 0.25) is 0 Å². The number of nitrogens with zero attached hydrogens (tertiary/aromatic N) is 7. The normalized spacial score (nSPS) is 15.7. The third kappa shape index (κ3) is 4.50. The zero-order valence-corrected chi connectivity index (χ0v) is 15.6. The van der Waals surface area contributed by atoms with Crippen LogP contribution in [-0.4, -0.2) is 56.2 Å². The minimum absolute atomic E-state index is 0.0415. The second kappa shape index (κ2) is 7.74. The number of rotatable bonds is 4. The highest BCUT2D eigenvalue weighted by Gasteiger charge is 2.35. The maximum absolute atomic E-state index is 13.4. The third-order valence-electron chi connectivity index (χ3n) is 4.53. The molecule has 11 heteroatoms. The maximum atomic E-state index is 13.4. The molecule has 0 saturated carbocycles. The van der Waals surface area contributed by atoms with Crippen LogP contribution in [0.25, 0.3) is 11.5 Å². The fourth-order valence-corrected chi connectivity index (χ4v) is 3.09. The van der Waals surface area contributed by atoms with Crippen LogP contribution in [0.5, 0.6) is 0 Å². The van der Waals surface area contributed by atoms with E-state index in [4.69, 9.17) is 4.52 Å². The molecule has 0 spiro atoms. The van der Waals surface area contributed by atoms with Crippen LogP contribution in [0.1, 0.15) is 17.4 Å². The lowest BCUT2D eigenvalue weighted by Gasteiger charge is -2.35. The second-order valence-electron chi connectivity index (χ2n) is 6.64. The lowest BCUT2D eigenvalue weighted by Crippen LogP contribution is -2.46. The molecule has 0 unspecified atom stereocenters. The van der Waals surface area contributed by atoms with Crippen molar-refractivity contribution in [3.05, 3.63) is 47.9 Å². The molecular formula is C18H18F3N7O. The van der Waals surface area contributed by atoms with Crippen molar-refractivity contribution in [2.24, 2.45) is 0 Å². The van der Waals surface area contributed by atoms with Crippen molar-refractivity contribution in [3.63, 3.8) is 0 Å². The highest BCUT2D eigenvalue weighted by Crippen LogP contribution is 2.31. The highest BCUT2D eigenvalue weighted by atomic mass is 19.4. The zero-order valence-electron chi connectivity index (χ0n) is 15.6. The average Bonchev–Trinajstić information content (AvgIpc) is 3.13. The molecule has 4 heterocycles. The number of pyridine rings is 1. The summed E-state index contributed by atoms with van der Waals surface area (Å²) in [7, 11) is 0. The van der Waals surface area contributed by atoms with Crippen molar-refractivity contribution in [2.45, 2.75) is 19.6 Å². The van der Waals surface area contributed by atoms with E-state index in [-0.39, 0.29) is 11.6 Å². The largest absolute Gasteiger partial charge is 0.433 e. The van der Waals surface area contributed by atoms with Gasteiger partial charge in [0.05, 0.1) is 6.54 Å². The summed E-state index contributed by atoms with van der Waals surface area (Å²) in [6, 6.07) is 5.95. The molecular weight excluding hydrogens is 387 g/mol. The lowest BCUT2D eigenvalue weighted by molar-refractivity contribution is -0.141. The number of halogens is 3. The third-order valence-corrected chi connectivity index (χ3v) is 4.53. The summed E-state index contributed by atoms with van der Waals surface area (Å²) in [6.45, 7) is 4.57. The van der Waals surface area contributed by atoms with Crippen LogP contribution in [-0.2, 0) is 12.7 Å². The number of piperazine rings is 1. The molecule has 8 nitrogen and oxygen atoms in total. The molecule has 3 aromatic rings. The van der Waals surface area contributed by atoms with Crippen LogP contribution >= 0.6 is 0 Å². The van der Waals surface area contributed by atoms with E-state index in [0.29, 0.717) is 50.1 Å². The predicted molar refractivity (Wildman–Crippen MR) is 96.8 cm³/mol. The summed E-state index contributed by atoms with van der Waals surface area (Å²) in [5.74, 6) is 1.29. The van der Waals surface area contributed by atoms with Gasteiger partial charge in [0, 0.05) is 45.4 Å². The SMILES string of the molecule is Cc1nc(CN2CCN(c3cc(C(F)(F)F)nc(-c4ccccn4)n3)CC2)no1. The molecule has 4 rings (SSSR count). The Morgan fingerprint density at radius 2 is 1.86 bits per heavy atom. The van der Waals surface area contributed by atoms with E-state index < -0.39 is 11.9 Å². The quantitative estimate of drug-likeness (QED) is 0.655. The average molecular weight is 405 g/mol. The Hall–Kier alpha value is -3.08. The summed E-state index contributed by atoms with van der Waals surface area (Å²) in [4.78, 5) is 20.2. The summed E-state index contributed by atoms with van der Waals surface area (Å²) in [6.07, 6.45) is -3.07. The highest BCUT2D eigenvalue weighted by molar-refractivity contribution is 5.54. The summed E-state index contributed by atoms with van der Waals surface area (Å²) >= 11 is 0. The molecule has 3 aromatic heterocycles. The van der Waals surface area contributed by atoms with Gasteiger partial charge in [-0.1, -0.05) is 11.2 Å². The van der Waals surface area contributed by atoms with Crippen LogP contribution in [0.3, 0.4) is 0 Å². The Bertz CT molecular complexity index is 969. The van der Waals surface area contributed by atoms with Crippen molar-refractivity contribution >= 4 is 5.82 Å². The Morgan fingerprint density at radius 1 is 1.07 bits per heavy atom. The maximum Gasteiger partial charge on any atom is 0.433 e. The number of aromatic nitrogens is 5. The van der Waals surface area contributed by atoms with E-state index in [1.54, 1.807) is 25.1 Å². The first-order valence-corrected chi connectivity index (χ1v) is 9.03. The Morgan fingerprint density at radius 3 is 2.48 bits per heavy atom. The van der Waals surface area contributed by atoms with Crippen molar-refractivity contribution in [1.82, 2.24) is 30.0 Å². The van der Waals surface area contributed by atoms with E-state index in [0.717, 1.165) is 6.07 Å². The number of hydrogen-bond acceptors (Lipinski definition) is 8. The van der Waals surface area contributed by atoms with Crippen LogP contribution < -0.4 is 4.90 Å². The van der Waals surface area contributed by atoms with E-state index in [2.05, 4.69) is 30.0 Å². The molecule has 0 amide bonds. The first-order valence-electron chi connectivity index (χ1n) is 9.03. The molecule has 1 fully saturated rings. The molecule has 0 bridgehead atoms. The van der Waals surface area contributed by atoms with Gasteiger partial charge in [-0.15, -0.1) is 0 Å². The number of anilines is 1. The molecule has 152 valence electrons. The van der Waals surface area contributed by atoms with E-state index in [9.17, 15) is 13.2 Å². The van der Waals surface area contributed by atoms with Crippen LogP contribution in [0.4, 0.5) is 19.0 Å². The summed E-state index contributed by atoms with van der Waals surface area (Å²) in [5.41, 5.74) is -0.682. The standard InChI is InChI=1S/C18H18F3N7O/c1-12-23-15(26-29-12)11-27-6-8-28(9-7-27)16-10-14(18(19,20)21)24-17(25-16)13-4-2-3-5-22-13/h2-5,10H,6-9,11H2,1H3. The van der Waals surface area contributed by atoms with Crippen molar-refractivity contribution in [2.75, 3.05) is 31.1 Å². The zero-order chi connectivity index (χ0) is 20.4. The summed E-state index contributed by atoms with van der Waals surface area (Å²) in [5, 5.41) is 3.88. The van der Waals surface area contributed by atoms with Gasteiger partial charge in [0.25, 0.3) is 0 Å². The predicted octanol–water partition coefficient (Wildman–Crippen LogP) is 2.57. The van der Waals surface area contributed by atoms with Gasteiger partial charge in [0.1, 0.15) is 11.5 Å². The van der Waals surface area contributed by atoms with Gasteiger partial charge in [-0.25, -0.2) is 9.97 Å². The molecule has 0 N–H and O–H groups in total. The minimum atomic E-state index is -4.57. The van der Waals surface area contributed by atoms with Gasteiger partial charge in [-0.05, 0) is 12.1 Å². The number of alkyl halides is 3. The number of hydrogen-bond donors (Lipinski definition) is 0. The topological polar surface area (TPSA) is 84.1 Å². The first-order chi connectivity index (χ1) is 13.9. The molecule has 0 aliphatic carbocycles. The molecule has 29 heavy (non-hydrogen) atoms. The van der Waals surface area contributed by atoms with Crippen molar-refractivity contribution < 1.29 is 17.7 Å².